The minimum atomic E-state index is -0.180. The van der Waals surface area contributed by atoms with Crippen molar-refractivity contribution in [1.29, 1.82) is 0 Å². The van der Waals surface area contributed by atoms with Crippen molar-refractivity contribution >= 4 is 29.9 Å². The van der Waals surface area contributed by atoms with E-state index in [0.29, 0.717) is 11.6 Å². The molecule has 2 rings (SSSR count). The summed E-state index contributed by atoms with van der Waals surface area (Å²) in [5, 5.41) is 6.40. The van der Waals surface area contributed by atoms with Gasteiger partial charge in [-0.05, 0) is 17.5 Å². The number of benzene rings is 1. The Morgan fingerprint density at radius 2 is 2.11 bits per heavy atom. The summed E-state index contributed by atoms with van der Waals surface area (Å²) in [5.41, 5.74) is 2.49. The van der Waals surface area contributed by atoms with Crippen LogP contribution in [0.5, 0.6) is 0 Å². The van der Waals surface area contributed by atoms with Crippen LogP contribution in [0.15, 0.2) is 35.9 Å². The van der Waals surface area contributed by atoms with E-state index in [0.717, 1.165) is 13.0 Å². The highest BCUT2D eigenvalue weighted by molar-refractivity contribution is 6.29. The molecule has 98 valence electrons. The van der Waals surface area contributed by atoms with Gasteiger partial charge in [0, 0.05) is 11.6 Å². The molecule has 0 radical (unpaired) electrons. The number of hydrogen-bond acceptors (Lipinski definition) is 2. The van der Waals surface area contributed by atoms with Crippen molar-refractivity contribution in [2.45, 2.75) is 19.0 Å². The zero-order chi connectivity index (χ0) is 12.3. The molecule has 2 N–H and O–H groups in total. The van der Waals surface area contributed by atoms with Crippen LogP contribution in [-0.4, -0.2) is 18.5 Å². The summed E-state index contributed by atoms with van der Waals surface area (Å²) >= 11 is 5.61. The van der Waals surface area contributed by atoms with Gasteiger partial charge in [0.2, 0.25) is 5.91 Å². The molecule has 1 aliphatic rings. The Morgan fingerprint density at radius 1 is 1.44 bits per heavy atom. The molecule has 0 aliphatic carbocycles. The molecule has 18 heavy (non-hydrogen) atoms. The van der Waals surface area contributed by atoms with Gasteiger partial charge in [0.1, 0.15) is 0 Å². The number of carbonyl (C=O) groups excluding carboxylic acids is 1. The van der Waals surface area contributed by atoms with Crippen LogP contribution in [0.25, 0.3) is 0 Å². The number of nitrogens with one attached hydrogen (secondary N) is 2. The first-order valence-corrected chi connectivity index (χ1v) is 5.96. The van der Waals surface area contributed by atoms with Crippen molar-refractivity contribution in [2.24, 2.45) is 0 Å². The smallest absolute Gasteiger partial charge is 0.237 e. The van der Waals surface area contributed by atoms with Gasteiger partial charge in [0.05, 0.1) is 12.6 Å². The summed E-state index contributed by atoms with van der Waals surface area (Å²) in [6.07, 6.45) is 0.719. The van der Waals surface area contributed by atoms with Crippen molar-refractivity contribution in [3.63, 3.8) is 0 Å². The number of fused-ring (bicyclic) bond motifs is 1. The lowest BCUT2D eigenvalue weighted by Gasteiger charge is -2.25. The third-order valence-electron chi connectivity index (χ3n) is 2.85. The highest BCUT2D eigenvalue weighted by Gasteiger charge is 2.23. The van der Waals surface area contributed by atoms with Gasteiger partial charge in [-0.25, -0.2) is 0 Å². The van der Waals surface area contributed by atoms with Gasteiger partial charge < -0.3 is 10.6 Å². The van der Waals surface area contributed by atoms with Gasteiger partial charge in [-0.15, -0.1) is 12.4 Å². The van der Waals surface area contributed by atoms with Crippen LogP contribution in [0.3, 0.4) is 0 Å². The normalized spacial score (nSPS) is 17.3. The van der Waals surface area contributed by atoms with Crippen LogP contribution in [0.1, 0.15) is 11.1 Å². The minimum absolute atomic E-state index is 0. The van der Waals surface area contributed by atoms with E-state index >= 15 is 0 Å². The number of hydrogen-bond donors (Lipinski definition) is 2. The Hall–Kier alpha value is -1.03. The van der Waals surface area contributed by atoms with E-state index in [1.165, 1.54) is 11.1 Å². The van der Waals surface area contributed by atoms with E-state index in [1.54, 1.807) is 0 Å². The first kappa shape index (κ1) is 15.0. The molecule has 3 nitrogen and oxygen atoms in total. The fourth-order valence-corrected chi connectivity index (χ4v) is 2.01. The lowest BCUT2D eigenvalue weighted by molar-refractivity contribution is -0.123. The maximum absolute atomic E-state index is 11.8. The maximum Gasteiger partial charge on any atom is 0.237 e. The van der Waals surface area contributed by atoms with Crippen LogP contribution in [-0.2, 0) is 17.8 Å². The summed E-state index contributed by atoms with van der Waals surface area (Å²) in [5.74, 6) is -0.0266. The summed E-state index contributed by atoms with van der Waals surface area (Å²) in [6.45, 7) is 4.59. The van der Waals surface area contributed by atoms with Gasteiger partial charge in [0.15, 0.2) is 0 Å². The fraction of sp³-hybridized carbons (Fsp3) is 0.308. The average molecular weight is 287 g/mol. The Morgan fingerprint density at radius 3 is 2.78 bits per heavy atom. The van der Waals surface area contributed by atoms with Gasteiger partial charge in [0.25, 0.3) is 0 Å². The second-order valence-electron chi connectivity index (χ2n) is 4.14. The second-order valence-corrected chi connectivity index (χ2v) is 4.68. The molecule has 0 saturated heterocycles. The van der Waals surface area contributed by atoms with Crippen LogP contribution in [0.2, 0.25) is 0 Å². The standard InChI is InChI=1S/C13H15ClN2O.ClH/c1-9(14)7-16-13(17)12-6-10-4-2-3-5-11(10)8-15-12;/h2-5,12,15H,1,6-8H2,(H,16,17);1H. The van der Waals surface area contributed by atoms with Gasteiger partial charge in [-0.2, -0.15) is 0 Å². The van der Waals surface area contributed by atoms with Crippen molar-refractivity contribution in [1.82, 2.24) is 10.6 Å². The van der Waals surface area contributed by atoms with Crippen molar-refractivity contribution in [3.05, 3.63) is 47.0 Å². The highest BCUT2D eigenvalue weighted by atomic mass is 35.5. The topological polar surface area (TPSA) is 41.1 Å². The summed E-state index contributed by atoms with van der Waals surface area (Å²) in [6, 6.07) is 7.98. The van der Waals surface area contributed by atoms with Crippen LogP contribution in [0.4, 0.5) is 0 Å². The third-order valence-corrected chi connectivity index (χ3v) is 2.99. The van der Waals surface area contributed by atoms with E-state index in [1.807, 2.05) is 12.1 Å². The molecule has 0 saturated carbocycles. The first-order chi connectivity index (χ1) is 8.16. The number of carbonyl (C=O) groups is 1. The quantitative estimate of drug-likeness (QED) is 0.892. The van der Waals surface area contributed by atoms with E-state index in [2.05, 4.69) is 29.3 Å². The zero-order valence-electron chi connectivity index (χ0n) is 9.91. The molecular weight excluding hydrogens is 271 g/mol. The maximum atomic E-state index is 11.8. The molecule has 0 bridgehead atoms. The van der Waals surface area contributed by atoms with E-state index in [4.69, 9.17) is 11.6 Å². The van der Waals surface area contributed by atoms with Gasteiger partial charge >= 0.3 is 0 Å². The van der Waals surface area contributed by atoms with E-state index < -0.39 is 0 Å². The Balaban J connectivity index is 0.00000162. The average Bonchev–Trinajstić information content (AvgIpc) is 2.35. The van der Waals surface area contributed by atoms with Gasteiger partial charge in [-0.1, -0.05) is 42.4 Å². The SMILES string of the molecule is C=C(Cl)CNC(=O)C1Cc2ccccc2CN1.Cl. The monoisotopic (exact) mass is 286 g/mol. The Bertz CT molecular complexity index is 448. The van der Waals surface area contributed by atoms with Crippen molar-refractivity contribution in [3.8, 4) is 0 Å². The molecule has 1 aromatic carbocycles. The highest BCUT2D eigenvalue weighted by Crippen LogP contribution is 2.16. The predicted molar refractivity (Wildman–Crippen MR) is 76.0 cm³/mol. The van der Waals surface area contributed by atoms with E-state index in [9.17, 15) is 4.79 Å². The first-order valence-electron chi connectivity index (χ1n) is 5.58. The number of amides is 1. The molecule has 1 heterocycles. The fourth-order valence-electron chi connectivity index (χ4n) is 1.95. The molecule has 1 amide bonds. The second kappa shape index (κ2) is 6.78. The van der Waals surface area contributed by atoms with Crippen LogP contribution < -0.4 is 10.6 Å². The lowest BCUT2D eigenvalue weighted by atomic mass is 9.95. The van der Waals surface area contributed by atoms with Crippen LogP contribution >= 0.6 is 24.0 Å². The predicted octanol–water partition coefficient (Wildman–Crippen LogP) is 1.99. The number of halogens is 2. The molecular formula is C13H16Cl2N2O. The largest absolute Gasteiger partial charge is 0.350 e. The molecule has 1 aliphatic heterocycles. The van der Waals surface area contributed by atoms with Gasteiger partial charge in [-0.3, -0.25) is 4.79 Å². The lowest BCUT2D eigenvalue weighted by Crippen LogP contribution is -2.47. The summed E-state index contributed by atoms with van der Waals surface area (Å²) in [7, 11) is 0. The third kappa shape index (κ3) is 3.73. The summed E-state index contributed by atoms with van der Waals surface area (Å²) in [4.78, 5) is 11.8. The Kier molecular flexibility index (Phi) is 5.66. The van der Waals surface area contributed by atoms with Crippen molar-refractivity contribution < 1.29 is 4.79 Å². The van der Waals surface area contributed by atoms with E-state index in [-0.39, 0.29) is 24.4 Å². The Labute approximate surface area is 118 Å². The molecule has 5 heteroatoms. The summed E-state index contributed by atoms with van der Waals surface area (Å²) < 4.78 is 0. The molecule has 0 fully saturated rings. The molecule has 1 atom stereocenters. The molecule has 1 unspecified atom stereocenters. The number of rotatable bonds is 3. The zero-order valence-corrected chi connectivity index (χ0v) is 11.5. The minimum Gasteiger partial charge on any atom is -0.350 e. The van der Waals surface area contributed by atoms with Crippen molar-refractivity contribution in [2.75, 3.05) is 6.54 Å². The molecule has 0 spiro atoms. The van der Waals surface area contributed by atoms with Crippen LogP contribution in [0, 0.1) is 0 Å². The molecule has 1 aromatic rings. The molecule has 0 aromatic heterocycles.